The topological polar surface area (TPSA) is 128 Å². The number of para-hydroxylation sites is 1. The molecule has 0 radical (unpaired) electrons. The van der Waals surface area contributed by atoms with Crippen LogP contribution in [0.3, 0.4) is 0 Å². The summed E-state index contributed by atoms with van der Waals surface area (Å²) < 4.78 is 35.0. The lowest BCUT2D eigenvalue weighted by Crippen LogP contribution is -2.48. The molecule has 0 aromatic heterocycles. The first-order chi connectivity index (χ1) is 20.0. The molecule has 224 valence electrons. The average Bonchev–Trinajstić information content (AvgIpc) is 3.00. The molecule has 0 saturated heterocycles. The Kier molecular flexibility index (Phi) is 9.97. The normalized spacial score (nSPS) is 18.0. The van der Waals surface area contributed by atoms with Gasteiger partial charge in [-0.1, -0.05) is 36.7 Å². The Bertz CT molecular complexity index is 1500. The van der Waals surface area contributed by atoms with Gasteiger partial charge < -0.3 is 25.0 Å². The van der Waals surface area contributed by atoms with E-state index < -0.39 is 22.2 Å². The van der Waals surface area contributed by atoms with Crippen LogP contribution < -0.4 is 14.8 Å². The third kappa shape index (κ3) is 7.72. The number of likely N-dealkylation sites (N-methyl/N-ethyl adjacent to an activating group) is 1. The van der Waals surface area contributed by atoms with Crippen LogP contribution in [-0.2, 0) is 21.2 Å². The summed E-state index contributed by atoms with van der Waals surface area (Å²) in [7, 11) is -2.26. The Morgan fingerprint density at radius 2 is 1.81 bits per heavy atom. The highest BCUT2D eigenvalue weighted by Gasteiger charge is 2.32. The number of sulfonamides is 1. The first-order valence-corrected chi connectivity index (χ1v) is 15.4. The van der Waals surface area contributed by atoms with E-state index in [0.29, 0.717) is 28.6 Å². The Labute approximate surface area is 251 Å². The van der Waals surface area contributed by atoms with E-state index in [1.807, 2.05) is 25.1 Å². The summed E-state index contributed by atoms with van der Waals surface area (Å²) in [5.41, 5.74) is 1.39. The highest BCUT2D eigenvalue weighted by Crippen LogP contribution is 2.30. The SMILES string of the molecule is C[C@@H]1CN([C@@H](C)CO)C(=O)Cc2cc(NS(=O)(=O)c3ccc(Cl)cc3)ccc2O[C@@H]1CN(C)C(=O)Nc1ccccc1. The van der Waals surface area contributed by atoms with Gasteiger partial charge in [0.2, 0.25) is 5.91 Å². The van der Waals surface area contributed by atoms with Crippen LogP contribution in [0.5, 0.6) is 5.75 Å². The summed E-state index contributed by atoms with van der Waals surface area (Å²) in [6, 6.07) is 18.9. The largest absolute Gasteiger partial charge is 0.488 e. The maximum absolute atomic E-state index is 13.5. The first kappa shape index (κ1) is 31.1. The van der Waals surface area contributed by atoms with Gasteiger partial charge >= 0.3 is 6.03 Å². The van der Waals surface area contributed by atoms with Crippen molar-refractivity contribution in [2.24, 2.45) is 5.92 Å². The van der Waals surface area contributed by atoms with Crippen molar-refractivity contribution in [3.8, 4) is 5.75 Å². The summed E-state index contributed by atoms with van der Waals surface area (Å²) >= 11 is 5.90. The standard InChI is InChI=1S/C30H35ClN4O6S/c1-20-17-35(21(2)19-36)29(37)16-22-15-25(33-42(39,40)26-12-9-23(31)10-13-26)11-14-27(22)41-28(20)18-34(3)30(38)32-24-7-5-4-6-8-24/h4-15,20-21,28,33,36H,16-19H2,1-3H3,(H,32,38)/t20-,21+,28-/m1/s1. The lowest BCUT2D eigenvalue weighted by molar-refractivity contribution is -0.134. The van der Waals surface area contributed by atoms with E-state index in [9.17, 15) is 23.1 Å². The molecule has 10 nitrogen and oxygen atoms in total. The molecule has 3 atom stereocenters. The number of ether oxygens (including phenoxy) is 1. The minimum Gasteiger partial charge on any atom is -0.488 e. The highest BCUT2D eigenvalue weighted by atomic mass is 35.5. The number of aliphatic hydroxyl groups is 1. The third-order valence-corrected chi connectivity index (χ3v) is 8.77. The van der Waals surface area contributed by atoms with Crippen LogP contribution in [0.25, 0.3) is 0 Å². The van der Waals surface area contributed by atoms with Crippen LogP contribution in [0.1, 0.15) is 19.4 Å². The number of fused-ring (bicyclic) bond motifs is 1. The Morgan fingerprint density at radius 3 is 2.48 bits per heavy atom. The van der Waals surface area contributed by atoms with Gasteiger partial charge in [0.1, 0.15) is 11.9 Å². The average molecular weight is 615 g/mol. The lowest BCUT2D eigenvalue weighted by Gasteiger charge is -2.34. The molecular formula is C30H35ClN4O6S. The fourth-order valence-corrected chi connectivity index (χ4v) is 5.81. The number of nitrogens with zero attached hydrogens (tertiary/aromatic N) is 2. The van der Waals surface area contributed by atoms with E-state index in [2.05, 4.69) is 10.0 Å². The minimum absolute atomic E-state index is 0.0384. The van der Waals surface area contributed by atoms with Crippen LogP contribution in [0.2, 0.25) is 5.02 Å². The number of hydrogen-bond acceptors (Lipinski definition) is 6. The van der Waals surface area contributed by atoms with E-state index in [-0.39, 0.29) is 48.0 Å². The van der Waals surface area contributed by atoms with Crippen molar-refractivity contribution in [3.63, 3.8) is 0 Å². The van der Waals surface area contributed by atoms with Crippen molar-refractivity contribution in [2.75, 3.05) is 36.8 Å². The molecule has 3 N–H and O–H groups in total. The number of halogens is 1. The van der Waals surface area contributed by atoms with E-state index in [1.165, 1.54) is 29.2 Å². The number of aliphatic hydroxyl groups excluding tert-OH is 1. The van der Waals surface area contributed by atoms with Crippen LogP contribution in [0.4, 0.5) is 16.2 Å². The second-order valence-electron chi connectivity index (χ2n) is 10.4. The number of urea groups is 1. The third-order valence-electron chi connectivity index (χ3n) is 7.12. The molecule has 1 heterocycles. The molecule has 0 bridgehead atoms. The van der Waals surface area contributed by atoms with Gasteiger partial charge in [0.15, 0.2) is 0 Å². The van der Waals surface area contributed by atoms with E-state index in [0.717, 1.165) is 0 Å². The lowest BCUT2D eigenvalue weighted by atomic mass is 10.0. The second-order valence-corrected chi connectivity index (χ2v) is 12.6. The molecule has 0 spiro atoms. The second kappa shape index (κ2) is 13.5. The van der Waals surface area contributed by atoms with Crippen LogP contribution in [0, 0.1) is 5.92 Å². The van der Waals surface area contributed by atoms with Gasteiger partial charge in [-0.2, -0.15) is 0 Å². The number of benzene rings is 3. The molecule has 0 aliphatic carbocycles. The highest BCUT2D eigenvalue weighted by molar-refractivity contribution is 7.92. The van der Waals surface area contributed by atoms with Gasteiger partial charge in [-0.05, 0) is 61.5 Å². The van der Waals surface area contributed by atoms with Gasteiger partial charge in [0, 0.05) is 41.5 Å². The molecule has 0 unspecified atom stereocenters. The molecule has 1 aliphatic rings. The molecule has 12 heteroatoms. The molecule has 0 saturated carbocycles. The van der Waals surface area contributed by atoms with Crippen molar-refractivity contribution in [1.29, 1.82) is 0 Å². The Hall–Kier alpha value is -3.80. The van der Waals surface area contributed by atoms with Crippen molar-refractivity contribution < 1.29 is 27.9 Å². The van der Waals surface area contributed by atoms with Crippen LogP contribution in [-0.4, -0.2) is 74.2 Å². The number of hydrogen-bond donors (Lipinski definition) is 3. The number of carbonyl (C=O) groups is 2. The molecule has 42 heavy (non-hydrogen) atoms. The van der Waals surface area contributed by atoms with Crippen LogP contribution >= 0.6 is 11.6 Å². The van der Waals surface area contributed by atoms with E-state index in [1.54, 1.807) is 49.2 Å². The summed E-state index contributed by atoms with van der Waals surface area (Å²) in [4.78, 5) is 29.5. The molecule has 1 aliphatic heterocycles. The summed E-state index contributed by atoms with van der Waals surface area (Å²) in [6.07, 6.45) is -0.592. The van der Waals surface area contributed by atoms with Gasteiger partial charge in [0.05, 0.1) is 30.5 Å². The molecular weight excluding hydrogens is 580 g/mol. The zero-order valence-electron chi connectivity index (χ0n) is 23.7. The number of carbonyl (C=O) groups excluding carboxylic acids is 2. The maximum atomic E-state index is 13.5. The number of rotatable bonds is 8. The molecule has 3 aromatic carbocycles. The van der Waals surface area contributed by atoms with Crippen LogP contribution in [0.15, 0.2) is 77.7 Å². The Balaban J connectivity index is 1.62. The van der Waals surface area contributed by atoms with Crippen molar-refractivity contribution in [1.82, 2.24) is 9.80 Å². The van der Waals surface area contributed by atoms with E-state index >= 15 is 0 Å². The first-order valence-electron chi connectivity index (χ1n) is 13.5. The van der Waals surface area contributed by atoms with Crippen molar-refractivity contribution >= 4 is 44.9 Å². The van der Waals surface area contributed by atoms with Crippen molar-refractivity contribution in [3.05, 3.63) is 83.4 Å². The quantitative estimate of drug-likeness (QED) is 0.344. The van der Waals surface area contributed by atoms with Gasteiger partial charge in [0.25, 0.3) is 10.0 Å². The van der Waals surface area contributed by atoms with Gasteiger partial charge in [-0.15, -0.1) is 0 Å². The molecule has 3 aromatic rings. The summed E-state index contributed by atoms with van der Waals surface area (Å²) in [5, 5.41) is 13.1. The molecule has 3 amide bonds. The Morgan fingerprint density at radius 1 is 1.12 bits per heavy atom. The number of nitrogens with one attached hydrogen (secondary N) is 2. The van der Waals surface area contributed by atoms with E-state index in [4.69, 9.17) is 16.3 Å². The zero-order chi connectivity index (χ0) is 30.4. The van der Waals surface area contributed by atoms with Crippen molar-refractivity contribution in [2.45, 2.75) is 37.3 Å². The molecule has 0 fully saturated rings. The molecule has 4 rings (SSSR count). The summed E-state index contributed by atoms with van der Waals surface area (Å²) in [5.74, 6) is -0.0456. The fourth-order valence-electron chi connectivity index (χ4n) is 4.63. The number of anilines is 2. The van der Waals surface area contributed by atoms with Gasteiger partial charge in [-0.25, -0.2) is 13.2 Å². The smallest absolute Gasteiger partial charge is 0.321 e. The summed E-state index contributed by atoms with van der Waals surface area (Å²) in [6.45, 7) is 3.97. The predicted molar refractivity (Wildman–Crippen MR) is 162 cm³/mol. The maximum Gasteiger partial charge on any atom is 0.321 e. The minimum atomic E-state index is -3.92. The van der Waals surface area contributed by atoms with Gasteiger partial charge in [-0.3, -0.25) is 9.52 Å². The zero-order valence-corrected chi connectivity index (χ0v) is 25.2. The number of amides is 3. The predicted octanol–water partition coefficient (Wildman–Crippen LogP) is 4.45. The monoisotopic (exact) mass is 614 g/mol. The fraction of sp³-hybridized carbons (Fsp3) is 0.333.